The predicted octanol–water partition coefficient (Wildman–Crippen LogP) is 3.87. The van der Waals surface area contributed by atoms with E-state index in [4.69, 9.17) is 0 Å². The Bertz CT molecular complexity index is 1180. The van der Waals surface area contributed by atoms with E-state index < -0.39 is 0 Å². The Balaban J connectivity index is 1.34. The van der Waals surface area contributed by atoms with Crippen LogP contribution in [0.25, 0.3) is 16.7 Å². The molecular weight excluding hydrogens is 378 g/mol. The Labute approximate surface area is 173 Å². The highest BCUT2D eigenvalue weighted by Gasteiger charge is 2.16. The van der Waals surface area contributed by atoms with E-state index in [1.807, 2.05) is 48.5 Å². The van der Waals surface area contributed by atoms with Gasteiger partial charge in [0, 0.05) is 17.3 Å². The summed E-state index contributed by atoms with van der Waals surface area (Å²) in [5.41, 5.74) is 3.65. The highest BCUT2D eigenvalue weighted by atomic mass is 16.1. The molecule has 0 aliphatic heterocycles. The smallest absolute Gasteiger partial charge is 0.251 e. The van der Waals surface area contributed by atoms with Crippen LogP contribution >= 0.6 is 0 Å². The van der Waals surface area contributed by atoms with Crippen LogP contribution in [-0.4, -0.2) is 37.0 Å². The molecule has 1 saturated carbocycles. The lowest BCUT2D eigenvalue weighted by molar-refractivity contribution is 0.0933. The van der Waals surface area contributed by atoms with Crippen molar-refractivity contribution in [2.75, 3.05) is 5.32 Å². The van der Waals surface area contributed by atoms with Gasteiger partial charge in [-0.25, -0.2) is 4.98 Å². The molecule has 1 aliphatic rings. The molecule has 0 spiro atoms. The first-order chi connectivity index (χ1) is 14.8. The number of para-hydroxylation sites is 2. The van der Waals surface area contributed by atoms with Gasteiger partial charge in [0.25, 0.3) is 5.91 Å². The van der Waals surface area contributed by atoms with Gasteiger partial charge in [0.05, 0.1) is 11.0 Å². The molecule has 2 N–H and O–H groups in total. The van der Waals surface area contributed by atoms with Crippen LogP contribution in [0.2, 0.25) is 0 Å². The number of nitrogens with zero attached hydrogens (tertiary/aromatic N) is 5. The molecule has 0 unspecified atom stereocenters. The number of benzene rings is 2. The summed E-state index contributed by atoms with van der Waals surface area (Å²) in [5.74, 6) is 0.552. The third-order valence-electron chi connectivity index (χ3n) is 5.62. The van der Waals surface area contributed by atoms with Gasteiger partial charge in [-0.1, -0.05) is 37.8 Å². The second-order valence-electron chi connectivity index (χ2n) is 7.73. The van der Waals surface area contributed by atoms with E-state index >= 15 is 0 Å². The number of hydrogen-bond donors (Lipinski definition) is 2. The number of carbonyl (C=O) groups excluding carboxylic acids is 1. The fraction of sp³-hybridized carbons (Fsp3) is 0.318. The topological polar surface area (TPSA) is 97.1 Å². The minimum Gasteiger partial charge on any atom is -0.349 e. The number of fused-ring (bicyclic) bond motifs is 3. The molecule has 152 valence electrons. The predicted molar refractivity (Wildman–Crippen MR) is 115 cm³/mol. The van der Waals surface area contributed by atoms with Crippen molar-refractivity contribution in [1.29, 1.82) is 0 Å². The number of tetrazole rings is 1. The van der Waals surface area contributed by atoms with Crippen LogP contribution in [0.15, 0.2) is 48.5 Å². The third kappa shape index (κ3) is 3.68. The number of aromatic nitrogens is 5. The Morgan fingerprint density at radius 1 is 0.967 bits per heavy atom. The highest BCUT2D eigenvalue weighted by Crippen LogP contribution is 2.23. The molecule has 5 rings (SSSR count). The van der Waals surface area contributed by atoms with Crippen LogP contribution in [0.5, 0.6) is 0 Å². The fourth-order valence-electron chi connectivity index (χ4n) is 4.02. The lowest BCUT2D eigenvalue weighted by Crippen LogP contribution is -2.34. The molecule has 1 amide bonds. The van der Waals surface area contributed by atoms with E-state index in [-0.39, 0.29) is 11.9 Å². The van der Waals surface area contributed by atoms with Gasteiger partial charge in [-0.3, -0.25) is 4.79 Å². The summed E-state index contributed by atoms with van der Waals surface area (Å²) >= 11 is 0. The maximum Gasteiger partial charge on any atom is 0.251 e. The van der Waals surface area contributed by atoms with E-state index in [9.17, 15) is 4.79 Å². The average Bonchev–Trinajstić information content (AvgIpc) is 3.14. The zero-order chi connectivity index (χ0) is 20.3. The summed E-state index contributed by atoms with van der Waals surface area (Å²) in [6, 6.07) is 15.4. The number of rotatable bonds is 4. The Kier molecular flexibility index (Phi) is 4.96. The van der Waals surface area contributed by atoms with Gasteiger partial charge in [0.2, 0.25) is 5.65 Å². The maximum atomic E-state index is 12.6. The second-order valence-corrected chi connectivity index (χ2v) is 7.73. The van der Waals surface area contributed by atoms with Crippen LogP contribution in [0.4, 0.5) is 11.5 Å². The van der Waals surface area contributed by atoms with Crippen molar-refractivity contribution in [3.05, 3.63) is 54.1 Å². The molecule has 30 heavy (non-hydrogen) atoms. The maximum absolute atomic E-state index is 12.6. The Hall–Kier alpha value is -3.55. The van der Waals surface area contributed by atoms with Gasteiger partial charge in [-0.2, -0.15) is 4.52 Å². The van der Waals surface area contributed by atoms with Crippen LogP contribution in [0, 0.1) is 0 Å². The lowest BCUT2D eigenvalue weighted by Gasteiger charge is -2.16. The summed E-state index contributed by atoms with van der Waals surface area (Å²) in [4.78, 5) is 17.3. The molecular formula is C22H23N7O. The SMILES string of the molecule is O=C(NC1CCCCCC1)c1ccc(Nc2nc3ccccc3n3nnnc23)cc1. The average molecular weight is 401 g/mol. The molecule has 8 nitrogen and oxygen atoms in total. The first-order valence-corrected chi connectivity index (χ1v) is 10.4. The van der Waals surface area contributed by atoms with Crippen LogP contribution in [0.3, 0.4) is 0 Å². The molecule has 0 radical (unpaired) electrons. The van der Waals surface area contributed by atoms with E-state index in [1.54, 1.807) is 4.52 Å². The largest absolute Gasteiger partial charge is 0.349 e. The standard InChI is InChI=1S/C22H23N7O/c30-22(24-16-7-3-1-2-4-8-16)15-11-13-17(14-12-15)23-20-21-26-27-28-29(21)19-10-6-5-9-18(19)25-20/h5-6,9-14,16H,1-4,7-8H2,(H,23,25)(H,24,30). The zero-order valence-electron chi connectivity index (χ0n) is 16.6. The van der Waals surface area contributed by atoms with Crippen LogP contribution in [0.1, 0.15) is 48.9 Å². The number of nitrogens with one attached hydrogen (secondary N) is 2. The highest BCUT2D eigenvalue weighted by molar-refractivity contribution is 5.95. The minimum absolute atomic E-state index is 0.0127. The normalized spacial score (nSPS) is 15.2. The molecule has 2 heterocycles. The molecule has 8 heteroatoms. The Morgan fingerprint density at radius 2 is 1.73 bits per heavy atom. The summed E-state index contributed by atoms with van der Waals surface area (Å²) in [6.07, 6.45) is 7.06. The molecule has 0 atom stereocenters. The van der Waals surface area contributed by atoms with E-state index in [0.29, 0.717) is 17.0 Å². The summed E-state index contributed by atoms with van der Waals surface area (Å²) in [7, 11) is 0. The summed E-state index contributed by atoms with van der Waals surface area (Å²) < 4.78 is 1.67. The molecule has 4 aromatic rings. The first kappa shape index (κ1) is 18.5. The van der Waals surface area contributed by atoms with Crippen LogP contribution in [-0.2, 0) is 0 Å². The van der Waals surface area contributed by atoms with Gasteiger partial charge >= 0.3 is 0 Å². The van der Waals surface area contributed by atoms with Gasteiger partial charge in [0.15, 0.2) is 5.82 Å². The molecule has 0 saturated heterocycles. The van der Waals surface area contributed by atoms with Gasteiger partial charge in [-0.15, -0.1) is 5.10 Å². The van der Waals surface area contributed by atoms with Gasteiger partial charge < -0.3 is 10.6 Å². The monoisotopic (exact) mass is 401 g/mol. The lowest BCUT2D eigenvalue weighted by atomic mass is 10.1. The van der Waals surface area contributed by atoms with Crippen molar-refractivity contribution >= 4 is 34.1 Å². The quantitative estimate of drug-likeness (QED) is 0.504. The van der Waals surface area contributed by atoms with Crippen LogP contribution < -0.4 is 10.6 Å². The number of amides is 1. The number of hydrogen-bond acceptors (Lipinski definition) is 6. The van der Waals surface area contributed by atoms with Crippen molar-refractivity contribution in [3.8, 4) is 0 Å². The summed E-state index contributed by atoms with van der Waals surface area (Å²) in [5, 5.41) is 18.4. The minimum atomic E-state index is -0.0127. The van der Waals surface area contributed by atoms with Crippen molar-refractivity contribution < 1.29 is 4.79 Å². The van der Waals surface area contributed by atoms with E-state index in [1.165, 1.54) is 25.7 Å². The molecule has 2 aromatic heterocycles. The van der Waals surface area contributed by atoms with Crippen molar-refractivity contribution in [2.45, 2.75) is 44.6 Å². The number of carbonyl (C=O) groups is 1. The molecule has 1 aliphatic carbocycles. The zero-order valence-corrected chi connectivity index (χ0v) is 16.6. The van der Waals surface area contributed by atoms with Gasteiger partial charge in [-0.05, 0) is 59.7 Å². The first-order valence-electron chi connectivity index (χ1n) is 10.4. The number of anilines is 2. The second kappa shape index (κ2) is 8.06. The van der Waals surface area contributed by atoms with E-state index in [0.717, 1.165) is 29.6 Å². The van der Waals surface area contributed by atoms with Gasteiger partial charge in [0.1, 0.15) is 0 Å². The fourth-order valence-corrected chi connectivity index (χ4v) is 4.02. The third-order valence-corrected chi connectivity index (χ3v) is 5.62. The van der Waals surface area contributed by atoms with Crippen molar-refractivity contribution in [1.82, 2.24) is 30.3 Å². The summed E-state index contributed by atoms with van der Waals surface area (Å²) in [6.45, 7) is 0. The molecule has 2 aromatic carbocycles. The van der Waals surface area contributed by atoms with E-state index in [2.05, 4.69) is 31.1 Å². The molecule has 0 bridgehead atoms. The Morgan fingerprint density at radius 3 is 2.53 bits per heavy atom. The van der Waals surface area contributed by atoms with Crippen molar-refractivity contribution in [2.24, 2.45) is 0 Å². The van der Waals surface area contributed by atoms with Crippen molar-refractivity contribution in [3.63, 3.8) is 0 Å². The molecule has 1 fully saturated rings.